The van der Waals surface area contributed by atoms with Gasteiger partial charge < -0.3 is 19.5 Å². The van der Waals surface area contributed by atoms with Crippen LogP contribution in [0.5, 0.6) is 11.5 Å². The van der Waals surface area contributed by atoms with Gasteiger partial charge in [0.2, 0.25) is 5.90 Å². The first-order chi connectivity index (χ1) is 14.4. The summed E-state index contributed by atoms with van der Waals surface area (Å²) < 4.78 is 30.1. The van der Waals surface area contributed by atoms with E-state index in [1.165, 1.54) is 19.2 Å². The van der Waals surface area contributed by atoms with Gasteiger partial charge in [0.05, 0.1) is 12.8 Å². The maximum atomic E-state index is 13.7. The van der Waals surface area contributed by atoms with Crippen LogP contribution in [0.4, 0.5) is 4.39 Å². The van der Waals surface area contributed by atoms with E-state index >= 15 is 0 Å². The predicted octanol–water partition coefficient (Wildman–Crippen LogP) is 4.21. The van der Waals surface area contributed by atoms with Gasteiger partial charge in [0, 0.05) is 11.1 Å². The number of rotatable bonds is 5. The van der Waals surface area contributed by atoms with Crippen molar-refractivity contribution in [2.24, 2.45) is 4.99 Å². The summed E-state index contributed by atoms with van der Waals surface area (Å²) >= 11 is 0. The first-order valence-electron chi connectivity index (χ1n) is 9.65. The zero-order valence-corrected chi connectivity index (χ0v) is 17.5. The van der Waals surface area contributed by atoms with Crippen molar-refractivity contribution in [1.29, 1.82) is 0 Å². The van der Waals surface area contributed by atoms with E-state index in [2.05, 4.69) is 10.3 Å². The van der Waals surface area contributed by atoms with Gasteiger partial charge in [0.25, 0.3) is 5.91 Å². The minimum atomic E-state index is -0.515. The molecule has 1 amide bonds. The summed E-state index contributed by atoms with van der Waals surface area (Å²) in [6, 6.07) is 10.7. The Morgan fingerprint density at radius 2 is 1.83 bits per heavy atom. The van der Waals surface area contributed by atoms with Gasteiger partial charge in [0.15, 0.2) is 11.5 Å². The summed E-state index contributed by atoms with van der Waals surface area (Å²) in [7, 11) is 1.49. The van der Waals surface area contributed by atoms with Crippen LogP contribution >= 0.6 is 0 Å². The normalized spacial score (nSPS) is 14.0. The molecule has 1 heterocycles. The van der Waals surface area contributed by atoms with E-state index in [1.807, 2.05) is 13.8 Å². The molecular weight excluding hydrogens is 387 g/mol. The van der Waals surface area contributed by atoms with Crippen LogP contribution in [0.15, 0.2) is 53.0 Å². The standard InChI is InChI=1S/C23H25FN2O4/c1-14(2)21(16-6-5-7-18(24)12-16)26-23(28-4)15(3)25-22(27)17-8-9-19-20(13-17)30-11-10-29-19/h5-9,12-13,15H,10-11H2,1-4H3,(H,25,27). The number of aliphatic imine (C=N–C) groups is 1. The minimum Gasteiger partial charge on any atom is -0.486 e. The van der Waals surface area contributed by atoms with E-state index in [4.69, 9.17) is 14.2 Å². The minimum absolute atomic E-state index is 0.297. The van der Waals surface area contributed by atoms with Gasteiger partial charge in [-0.05, 0) is 56.7 Å². The van der Waals surface area contributed by atoms with Crippen LogP contribution in [-0.4, -0.2) is 38.2 Å². The average Bonchev–Trinajstić information content (AvgIpc) is 2.73. The number of amides is 1. The second-order valence-corrected chi connectivity index (χ2v) is 7.07. The van der Waals surface area contributed by atoms with Crippen molar-refractivity contribution in [1.82, 2.24) is 5.32 Å². The molecule has 30 heavy (non-hydrogen) atoms. The fraction of sp³-hybridized carbons (Fsp3) is 0.304. The molecule has 0 fully saturated rings. The Morgan fingerprint density at radius 1 is 1.10 bits per heavy atom. The van der Waals surface area contributed by atoms with E-state index in [1.54, 1.807) is 37.3 Å². The van der Waals surface area contributed by atoms with Gasteiger partial charge in [-0.3, -0.25) is 4.79 Å². The highest BCUT2D eigenvalue weighted by molar-refractivity contribution is 5.98. The third-order valence-electron chi connectivity index (χ3n) is 4.53. The maximum absolute atomic E-state index is 13.7. The Labute approximate surface area is 175 Å². The molecule has 0 saturated carbocycles. The molecule has 0 aliphatic carbocycles. The number of nitrogens with one attached hydrogen (secondary N) is 1. The second kappa shape index (κ2) is 9.43. The first-order valence-corrected chi connectivity index (χ1v) is 9.65. The molecule has 0 radical (unpaired) electrons. The summed E-state index contributed by atoms with van der Waals surface area (Å²) in [5, 5.41) is 2.87. The molecule has 1 atom stereocenters. The number of benzene rings is 2. The SMILES string of the molecule is COC(=NC(=C(C)C)c1cccc(F)c1)C(C)NC(=O)c1ccc2c(c1)OCCO2. The van der Waals surface area contributed by atoms with Gasteiger partial charge >= 0.3 is 0 Å². The Kier molecular flexibility index (Phi) is 6.72. The van der Waals surface area contributed by atoms with Crippen molar-refractivity contribution in [3.63, 3.8) is 0 Å². The van der Waals surface area contributed by atoms with E-state index in [0.717, 1.165) is 5.57 Å². The van der Waals surface area contributed by atoms with Gasteiger partial charge in [-0.2, -0.15) is 0 Å². The smallest absolute Gasteiger partial charge is 0.252 e. The fourth-order valence-corrected chi connectivity index (χ4v) is 3.06. The molecule has 0 aromatic heterocycles. The van der Waals surface area contributed by atoms with Crippen LogP contribution in [-0.2, 0) is 4.74 Å². The molecule has 6 nitrogen and oxygen atoms in total. The molecule has 3 rings (SSSR count). The number of nitrogens with zero attached hydrogens (tertiary/aromatic N) is 1. The maximum Gasteiger partial charge on any atom is 0.252 e. The van der Waals surface area contributed by atoms with Crippen molar-refractivity contribution in [2.45, 2.75) is 26.8 Å². The molecular formula is C23H25FN2O4. The second-order valence-electron chi connectivity index (χ2n) is 7.07. The van der Waals surface area contributed by atoms with Crippen LogP contribution in [0.3, 0.4) is 0 Å². The Bertz CT molecular complexity index is 996. The zero-order valence-electron chi connectivity index (χ0n) is 17.5. The lowest BCUT2D eigenvalue weighted by molar-refractivity contribution is 0.0944. The van der Waals surface area contributed by atoms with E-state index < -0.39 is 6.04 Å². The number of ether oxygens (including phenoxy) is 3. The number of methoxy groups -OCH3 is 1. The van der Waals surface area contributed by atoms with Gasteiger partial charge in [-0.15, -0.1) is 0 Å². The zero-order chi connectivity index (χ0) is 21.7. The molecule has 2 aromatic carbocycles. The van der Waals surface area contributed by atoms with Gasteiger partial charge in [0.1, 0.15) is 25.1 Å². The van der Waals surface area contributed by atoms with Crippen LogP contribution in [0.25, 0.3) is 5.70 Å². The predicted molar refractivity (Wildman–Crippen MR) is 113 cm³/mol. The van der Waals surface area contributed by atoms with Crippen LogP contribution in [0.1, 0.15) is 36.7 Å². The first kappa shape index (κ1) is 21.4. The molecule has 0 saturated heterocycles. The van der Waals surface area contributed by atoms with E-state index in [0.29, 0.717) is 47.4 Å². The monoisotopic (exact) mass is 412 g/mol. The van der Waals surface area contributed by atoms with Gasteiger partial charge in [-0.25, -0.2) is 9.38 Å². The van der Waals surface area contributed by atoms with Crippen LogP contribution in [0.2, 0.25) is 0 Å². The molecule has 0 spiro atoms. The number of carbonyl (C=O) groups excluding carboxylic acids is 1. The molecule has 1 N–H and O–H groups in total. The number of carbonyl (C=O) groups is 1. The fourth-order valence-electron chi connectivity index (χ4n) is 3.06. The van der Waals surface area contributed by atoms with Crippen molar-refractivity contribution in [3.8, 4) is 11.5 Å². The van der Waals surface area contributed by atoms with E-state index in [-0.39, 0.29) is 11.7 Å². The molecule has 0 bridgehead atoms. The number of halogens is 1. The molecule has 1 aliphatic heterocycles. The van der Waals surface area contributed by atoms with Crippen molar-refractivity contribution in [3.05, 3.63) is 65.0 Å². The Morgan fingerprint density at radius 3 is 2.50 bits per heavy atom. The number of hydrogen-bond acceptors (Lipinski definition) is 5. The Hall–Kier alpha value is -3.35. The third kappa shape index (κ3) is 4.97. The topological polar surface area (TPSA) is 69.2 Å². The number of allylic oxidation sites excluding steroid dienone is 1. The molecule has 158 valence electrons. The van der Waals surface area contributed by atoms with Crippen LogP contribution < -0.4 is 14.8 Å². The summed E-state index contributed by atoms with van der Waals surface area (Å²) in [6.07, 6.45) is 0. The Balaban J connectivity index is 1.80. The molecule has 1 aliphatic rings. The molecule has 1 unspecified atom stereocenters. The summed E-state index contributed by atoms with van der Waals surface area (Å²) in [5.74, 6) is 0.823. The summed E-state index contributed by atoms with van der Waals surface area (Å²) in [4.78, 5) is 17.3. The third-order valence-corrected chi connectivity index (χ3v) is 4.53. The summed E-state index contributed by atoms with van der Waals surface area (Å²) in [5.41, 5.74) is 2.55. The quantitative estimate of drug-likeness (QED) is 0.590. The molecule has 7 heteroatoms. The van der Waals surface area contributed by atoms with Gasteiger partial charge in [-0.1, -0.05) is 12.1 Å². The van der Waals surface area contributed by atoms with Crippen molar-refractivity contribution < 1.29 is 23.4 Å². The lowest BCUT2D eigenvalue weighted by Crippen LogP contribution is -2.39. The highest BCUT2D eigenvalue weighted by atomic mass is 19.1. The van der Waals surface area contributed by atoms with Crippen molar-refractivity contribution in [2.75, 3.05) is 20.3 Å². The summed E-state index contributed by atoms with van der Waals surface area (Å²) in [6.45, 7) is 6.47. The highest BCUT2D eigenvalue weighted by Gasteiger charge is 2.19. The number of fused-ring (bicyclic) bond motifs is 1. The largest absolute Gasteiger partial charge is 0.486 e. The lowest BCUT2D eigenvalue weighted by Gasteiger charge is -2.20. The lowest BCUT2D eigenvalue weighted by atomic mass is 10.1. The van der Waals surface area contributed by atoms with Crippen LogP contribution in [0, 0.1) is 5.82 Å². The average molecular weight is 412 g/mol. The van der Waals surface area contributed by atoms with E-state index in [9.17, 15) is 9.18 Å². The highest BCUT2D eigenvalue weighted by Crippen LogP contribution is 2.30. The molecule has 2 aromatic rings. The van der Waals surface area contributed by atoms with Crippen molar-refractivity contribution >= 4 is 17.5 Å². The number of hydrogen-bond donors (Lipinski definition) is 1.